The fraction of sp³-hybridized carbons (Fsp3) is 0.529. The Bertz CT molecular complexity index is 662. The van der Waals surface area contributed by atoms with Gasteiger partial charge in [0.1, 0.15) is 5.82 Å². The molecular weight excluding hydrogens is 295 g/mol. The molecule has 124 valence electrons. The van der Waals surface area contributed by atoms with Crippen LogP contribution in [0.1, 0.15) is 44.5 Å². The number of aromatic nitrogens is 3. The molecule has 1 aliphatic heterocycles. The van der Waals surface area contributed by atoms with Gasteiger partial charge in [0.05, 0.1) is 23.5 Å². The van der Waals surface area contributed by atoms with Crippen molar-refractivity contribution >= 4 is 0 Å². The maximum Gasteiger partial charge on any atom is 0.123 e. The number of aliphatic hydroxyl groups excluding tert-OH is 1. The molecule has 1 aromatic carbocycles. The van der Waals surface area contributed by atoms with E-state index >= 15 is 0 Å². The van der Waals surface area contributed by atoms with Crippen molar-refractivity contribution in [1.29, 1.82) is 0 Å². The van der Waals surface area contributed by atoms with Crippen LogP contribution in [0.15, 0.2) is 30.5 Å². The lowest BCUT2D eigenvalue weighted by atomic mass is 10.0. The van der Waals surface area contributed by atoms with Gasteiger partial charge in [-0.2, -0.15) is 0 Å². The van der Waals surface area contributed by atoms with Crippen molar-refractivity contribution in [2.24, 2.45) is 0 Å². The predicted octanol–water partition coefficient (Wildman–Crippen LogP) is 2.48. The zero-order valence-corrected chi connectivity index (χ0v) is 13.8. The minimum atomic E-state index is -0.372. The molecule has 0 amide bonds. The van der Waals surface area contributed by atoms with Crippen molar-refractivity contribution in [1.82, 2.24) is 19.9 Å². The van der Waals surface area contributed by atoms with Gasteiger partial charge in [-0.1, -0.05) is 17.3 Å². The number of benzene rings is 1. The smallest absolute Gasteiger partial charge is 0.123 e. The molecular formula is C17H23FN4O. The van der Waals surface area contributed by atoms with E-state index < -0.39 is 0 Å². The molecule has 1 aliphatic rings. The Kier molecular flexibility index (Phi) is 4.21. The molecule has 1 fully saturated rings. The van der Waals surface area contributed by atoms with Crippen LogP contribution in [0.5, 0.6) is 0 Å². The average Bonchev–Trinajstić information content (AvgIpc) is 3.07. The van der Waals surface area contributed by atoms with E-state index in [4.69, 9.17) is 0 Å². The molecule has 1 aromatic heterocycles. The highest BCUT2D eigenvalue weighted by molar-refractivity contribution is 5.21. The van der Waals surface area contributed by atoms with Crippen LogP contribution in [0.25, 0.3) is 0 Å². The first-order valence-corrected chi connectivity index (χ1v) is 7.92. The first-order valence-electron chi connectivity index (χ1n) is 7.92. The Morgan fingerprint density at radius 2 is 1.96 bits per heavy atom. The highest BCUT2D eigenvalue weighted by Crippen LogP contribution is 2.33. The van der Waals surface area contributed by atoms with Gasteiger partial charge in [-0.3, -0.25) is 4.90 Å². The van der Waals surface area contributed by atoms with Crippen LogP contribution >= 0.6 is 0 Å². The lowest BCUT2D eigenvalue weighted by Crippen LogP contribution is -2.25. The molecule has 0 unspecified atom stereocenters. The summed E-state index contributed by atoms with van der Waals surface area (Å²) in [6, 6.07) is 6.58. The monoisotopic (exact) mass is 318 g/mol. The van der Waals surface area contributed by atoms with Crippen molar-refractivity contribution in [2.45, 2.75) is 51.4 Å². The summed E-state index contributed by atoms with van der Waals surface area (Å²) in [6.07, 6.45) is 2.23. The lowest BCUT2D eigenvalue weighted by molar-refractivity contribution is 0.172. The fourth-order valence-electron chi connectivity index (χ4n) is 2.99. The summed E-state index contributed by atoms with van der Waals surface area (Å²) in [5.41, 5.74) is 1.79. The number of rotatable bonds is 3. The van der Waals surface area contributed by atoms with Crippen molar-refractivity contribution in [3.63, 3.8) is 0 Å². The molecule has 3 rings (SSSR count). The van der Waals surface area contributed by atoms with Crippen LogP contribution in [0.2, 0.25) is 0 Å². The van der Waals surface area contributed by atoms with Gasteiger partial charge in [0, 0.05) is 19.1 Å². The quantitative estimate of drug-likeness (QED) is 0.944. The molecule has 0 bridgehead atoms. The maximum absolute atomic E-state index is 13.1. The Balaban J connectivity index is 1.77. The summed E-state index contributed by atoms with van der Waals surface area (Å²) >= 11 is 0. The van der Waals surface area contributed by atoms with Crippen molar-refractivity contribution in [2.75, 3.05) is 6.54 Å². The summed E-state index contributed by atoms with van der Waals surface area (Å²) in [4.78, 5) is 2.18. The molecule has 1 saturated heterocycles. The summed E-state index contributed by atoms with van der Waals surface area (Å²) in [5.74, 6) is -0.244. The standard InChI is InChI=1S/C17H23FN4O/c1-17(2,3)22-10-14(19-20-22)9-21-11-15(23)8-16(21)12-4-6-13(18)7-5-12/h4-7,10,15-16,23H,8-9,11H2,1-3H3/t15-,16+/m0/s1. The molecule has 2 atom stereocenters. The summed E-state index contributed by atoms with van der Waals surface area (Å²) in [5, 5.41) is 18.5. The molecule has 1 N–H and O–H groups in total. The van der Waals surface area contributed by atoms with Gasteiger partial charge in [0.2, 0.25) is 0 Å². The second-order valence-corrected chi connectivity index (χ2v) is 7.21. The van der Waals surface area contributed by atoms with Crippen LogP contribution in [-0.4, -0.2) is 37.6 Å². The second-order valence-electron chi connectivity index (χ2n) is 7.21. The molecule has 2 aromatic rings. The number of hydrogen-bond donors (Lipinski definition) is 1. The number of likely N-dealkylation sites (tertiary alicyclic amines) is 1. The normalized spacial score (nSPS) is 22.7. The molecule has 0 spiro atoms. The van der Waals surface area contributed by atoms with E-state index in [9.17, 15) is 9.50 Å². The van der Waals surface area contributed by atoms with E-state index in [0.717, 1.165) is 11.3 Å². The highest BCUT2D eigenvalue weighted by atomic mass is 19.1. The van der Waals surface area contributed by atoms with Crippen LogP contribution < -0.4 is 0 Å². The number of nitrogens with zero attached hydrogens (tertiary/aromatic N) is 4. The van der Waals surface area contributed by atoms with Gasteiger partial charge < -0.3 is 5.11 Å². The van der Waals surface area contributed by atoms with Crippen LogP contribution in [0, 0.1) is 5.82 Å². The van der Waals surface area contributed by atoms with Gasteiger partial charge >= 0.3 is 0 Å². The maximum atomic E-state index is 13.1. The molecule has 0 saturated carbocycles. The average molecular weight is 318 g/mol. The van der Waals surface area contributed by atoms with E-state index in [0.29, 0.717) is 19.5 Å². The SMILES string of the molecule is CC(C)(C)n1cc(CN2C[C@@H](O)C[C@@H]2c2ccc(F)cc2)nn1. The van der Waals surface area contributed by atoms with Gasteiger partial charge in [0.25, 0.3) is 0 Å². The number of β-amino-alcohol motifs (C(OH)–C–C–N with tert-alkyl or cyclic N) is 1. The van der Waals surface area contributed by atoms with Crippen LogP contribution in [0.3, 0.4) is 0 Å². The fourth-order valence-corrected chi connectivity index (χ4v) is 2.99. The van der Waals surface area contributed by atoms with Gasteiger partial charge in [-0.15, -0.1) is 5.10 Å². The molecule has 0 radical (unpaired) electrons. The van der Waals surface area contributed by atoms with Crippen molar-refractivity contribution in [3.8, 4) is 0 Å². The summed E-state index contributed by atoms with van der Waals surface area (Å²) < 4.78 is 15.0. The van der Waals surface area contributed by atoms with Gasteiger partial charge in [-0.25, -0.2) is 9.07 Å². The van der Waals surface area contributed by atoms with Crippen molar-refractivity contribution < 1.29 is 9.50 Å². The van der Waals surface area contributed by atoms with Crippen LogP contribution in [-0.2, 0) is 12.1 Å². The minimum absolute atomic E-state index is 0.0744. The Morgan fingerprint density at radius 1 is 1.26 bits per heavy atom. The van der Waals surface area contributed by atoms with Gasteiger partial charge in [0.15, 0.2) is 0 Å². The molecule has 23 heavy (non-hydrogen) atoms. The molecule has 5 nitrogen and oxygen atoms in total. The Morgan fingerprint density at radius 3 is 2.57 bits per heavy atom. The first-order chi connectivity index (χ1) is 10.8. The number of halogens is 1. The van der Waals surface area contributed by atoms with E-state index in [-0.39, 0.29) is 23.5 Å². The Labute approximate surface area is 135 Å². The lowest BCUT2D eigenvalue weighted by Gasteiger charge is -2.23. The van der Waals surface area contributed by atoms with Gasteiger partial charge in [-0.05, 0) is 44.9 Å². The molecule has 2 heterocycles. The minimum Gasteiger partial charge on any atom is -0.392 e. The molecule has 0 aliphatic carbocycles. The van der Waals surface area contributed by atoms with E-state index in [1.54, 1.807) is 12.1 Å². The Hall–Kier alpha value is -1.79. The van der Waals surface area contributed by atoms with E-state index in [2.05, 4.69) is 36.0 Å². The number of hydrogen-bond acceptors (Lipinski definition) is 4. The van der Waals surface area contributed by atoms with E-state index in [1.165, 1.54) is 12.1 Å². The zero-order valence-electron chi connectivity index (χ0n) is 13.8. The van der Waals surface area contributed by atoms with E-state index in [1.807, 2.05) is 10.9 Å². The third kappa shape index (κ3) is 3.59. The summed E-state index contributed by atoms with van der Waals surface area (Å²) in [6.45, 7) is 7.44. The second kappa shape index (κ2) is 6.02. The third-order valence-corrected chi connectivity index (χ3v) is 4.23. The number of aliphatic hydroxyl groups is 1. The topological polar surface area (TPSA) is 54.2 Å². The predicted molar refractivity (Wildman–Crippen MR) is 85.2 cm³/mol. The highest BCUT2D eigenvalue weighted by Gasteiger charge is 2.32. The van der Waals surface area contributed by atoms with Crippen LogP contribution in [0.4, 0.5) is 4.39 Å². The summed E-state index contributed by atoms with van der Waals surface area (Å²) in [7, 11) is 0. The largest absolute Gasteiger partial charge is 0.392 e. The zero-order chi connectivity index (χ0) is 16.6. The third-order valence-electron chi connectivity index (χ3n) is 4.23. The molecule has 6 heteroatoms. The first kappa shape index (κ1) is 16.1. The van der Waals surface area contributed by atoms with Crippen molar-refractivity contribution in [3.05, 3.63) is 47.5 Å².